The fourth-order valence-corrected chi connectivity index (χ4v) is 1.42. The molecular weight excluding hydrogens is 210 g/mol. The zero-order valence-electron chi connectivity index (χ0n) is 7.91. The van der Waals surface area contributed by atoms with Crippen molar-refractivity contribution in [2.24, 2.45) is 0 Å². The number of ether oxygens (including phenoxy) is 1. The summed E-state index contributed by atoms with van der Waals surface area (Å²) in [4.78, 5) is 0. The molecule has 0 unspecified atom stereocenters. The van der Waals surface area contributed by atoms with E-state index in [4.69, 9.17) is 22.1 Å². The normalized spacial score (nSPS) is 9.93. The Kier molecular flexibility index (Phi) is 2.79. The monoisotopic (exact) mass is 218 g/mol. The van der Waals surface area contributed by atoms with Gasteiger partial charge in [-0.15, -0.1) is 0 Å². The number of nitrogens with one attached hydrogen (secondary N) is 1. The van der Waals surface area contributed by atoms with Crippen molar-refractivity contribution in [3.8, 4) is 11.5 Å². The van der Waals surface area contributed by atoms with E-state index in [0.29, 0.717) is 16.5 Å². The maximum absolute atomic E-state index is 7.37. The predicted molar refractivity (Wildman–Crippen MR) is 60.7 cm³/mol. The fourth-order valence-electron chi connectivity index (χ4n) is 1.20. The second-order valence-corrected chi connectivity index (χ2v) is 3.47. The molecule has 2 rings (SSSR count). The SMILES string of the molecule is [NH]c1ccc(Oc2ccccc2)c(Cl)c1. The summed E-state index contributed by atoms with van der Waals surface area (Å²) in [7, 11) is 0. The zero-order valence-corrected chi connectivity index (χ0v) is 8.66. The van der Waals surface area contributed by atoms with Gasteiger partial charge in [-0.1, -0.05) is 29.8 Å². The molecule has 0 heterocycles. The van der Waals surface area contributed by atoms with Crippen molar-refractivity contribution in [3.63, 3.8) is 0 Å². The number of benzene rings is 2. The van der Waals surface area contributed by atoms with Crippen LogP contribution in [0.2, 0.25) is 5.02 Å². The zero-order chi connectivity index (χ0) is 10.7. The average molecular weight is 219 g/mol. The predicted octanol–water partition coefficient (Wildman–Crippen LogP) is 4.05. The molecular formula is C12H9ClNO. The van der Waals surface area contributed by atoms with Crippen LogP contribution in [-0.2, 0) is 0 Å². The van der Waals surface area contributed by atoms with Gasteiger partial charge in [-0.2, -0.15) is 0 Å². The topological polar surface area (TPSA) is 33.0 Å². The molecule has 1 radical (unpaired) electrons. The maximum atomic E-state index is 7.37. The van der Waals surface area contributed by atoms with Crippen molar-refractivity contribution in [2.75, 3.05) is 0 Å². The lowest BCUT2D eigenvalue weighted by molar-refractivity contribution is 0.483. The fraction of sp³-hybridized carbons (Fsp3) is 0. The molecule has 0 atom stereocenters. The highest BCUT2D eigenvalue weighted by molar-refractivity contribution is 6.32. The third kappa shape index (κ3) is 2.42. The van der Waals surface area contributed by atoms with Gasteiger partial charge in [0.2, 0.25) is 0 Å². The average Bonchev–Trinajstić information content (AvgIpc) is 2.24. The van der Waals surface area contributed by atoms with Gasteiger partial charge >= 0.3 is 0 Å². The van der Waals surface area contributed by atoms with Gasteiger partial charge in [0.05, 0.1) is 10.7 Å². The molecule has 0 aromatic heterocycles. The Morgan fingerprint density at radius 1 is 1.00 bits per heavy atom. The summed E-state index contributed by atoms with van der Waals surface area (Å²) in [5.74, 6) is 1.30. The van der Waals surface area contributed by atoms with Crippen LogP contribution >= 0.6 is 11.6 Å². The van der Waals surface area contributed by atoms with Gasteiger partial charge in [0.25, 0.3) is 0 Å². The van der Waals surface area contributed by atoms with Crippen molar-refractivity contribution in [1.29, 1.82) is 0 Å². The van der Waals surface area contributed by atoms with Gasteiger partial charge in [-0.25, -0.2) is 0 Å². The molecule has 0 aliphatic carbocycles. The van der Waals surface area contributed by atoms with Gasteiger partial charge in [-0.05, 0) is 30.3 Å². The number of para-hydroxylation sites is 1. The quantitative estimate of drug-likeness (QED) is 0.749. The van der Waals surface area contributed by atoms with Crippen LogP contribution in [0.15, 0.2) is 48.5 Å². The van der Waals surface area contributed by atoms with Crippen LogP contribution in [0.1, 0.15) is 0 Å². The van der Waals surface area contributed by atoms with Crippen LogP contribution in [0.5, 0.6) is 11.5 Å². The maximum Gasteiger partial charge on any atom is 0.146 e. The second-order valence-electron chi connectivity index (χ2n) is 3.06. The first kappa shape index (κ1) is 9.87. The largest absolute Gasteiger partial charge is 0.456 e. The summed E-state index contributed by atoms with van der Waals surface area (Å²) in [6.45, 7) is 0. The van der Waals surface area contributed by atoms with Crippen LogP contribution in [0.3, 0.4) is 0 Å². The molecule has 0 saturated carbocycles. The number of rotatable bonds is 2. The summed E-state index contributed by atoms with van der Waals surface area (Å²) >= 11 is 5.93. The summed E-state index contributed by atoms with van der Waals surface area (Å²) in [6.07, 6.45) is 0. The summed E-state index contributed by atoms with van der Waals surface area (Å²) in [6, 6.07) is 14.3. The van der Waals surface area contributed by atoms with Crippen molar-refractivity contribution >= 4 is 17.3 Å². The summed E-state index contributed by atoms with van der Waals surface area (Å²) in [5, 5.41) is 0.450. The Morgan fingerprint density at radius 2 is 1.73 bits per heavy atom. The van der Waals surface area contributed by atoms with Crippen molar-refractivity contribution < 1.29 is 4.74 Å². The second kappa shape index (κ2) is 4.24. The highest BCUT2D eigenvalue weighted by Crippen LogP contribution is 2.30. The first-order chi connectivity index (χ1) is 7.25. The number of hydrogen-bond donors (Lipinski definition) is 0. The number of halogens is 1. The molecule has 0 spiro atoms. The van der Waals surface area contributed by atoms with E-state index in [1.54, 1.807) is 18.2 Å². The van der Waals surface area contributed by atoms with Crippen LogP contribution in [0.4, 0.5) is 5.69 Å². The van der Waals surface area contributed by atoms with Gasteiger partial charge in [0, 0.05) is 0 Å². The Bertz CT molecular complexity index is 456. The Labute approximate surface area is 93.2 Å². The third-order valence-corrected chi connectivity index (χ3v) is 2.20. The molecule has 2 aromatic rings. The number of hydrogen-bond acceptors (Lipinski definition) is 1. The van der Waals surface area contributed by atoms with E-state index in [9.17, 15) is 0 Å². The molecule has 75 valence electrons. The molecule has 2 aromatic carbocycles. The molecule has 0 bridgehead atoms. The third-order valence-electron chi connectivity index (χ3n) is 1.90. The first-order valence-corrected chi connectivity index (χ1v) is 4.87. The van der Waals surface area contributed by atoms with Gasteiger partial charge < -0.3 is 10.5 Å². The van der Waals surface area contributed by atoms with Gasteiger partial charge in [0.15, 0.2) is 0 Å². The molecule has 0 saturated heterocycles. The van der Waals surface area contributed by atoms with Crippen molar-refractivity contribution in [3.05, 3.63) is 53.6 Å². The van der Waals surface area contributed by atoms with E-state index in [2.05, 4.69) is 0 Å². The lowest BCUT2D eigenvalue weighted by Crippen LogP contribution is -1.84. The minimum absolute atomic E-state index is 0.375. The molecule has 1 N–H and O–H groups in total. The van der Waals surface area contributed by atoms with Gasteiger partial charge in [0.1, 0.15) is 11.5 Å². The van der Waals surface area contributed by atoms with E-state index in [1.165, 1.54) is 0 Å². The molecule has 15 heavy (non-hydrogen) atoms. The minimum Gasteiger partial charge on any atom is -0.456 e. The van der Waals surface area contributed by atoms with E-state index in [1.807, 2.05) is 30.3 Å². The lowest BCUT2D eigenvalue weighted by Gasteiger charge is -2.07. The molecule has 3 heteroatoms. The first-order valence-electron chi connectivity index (χ1n) is 4.50. The highest BCUT2D eigenvalue weighted by Gasteiger charge is 2.02. The van der Waals surface area contributed by atoms with Crippen molar-refractivity contribution in [1.82, 2.24) is 5.73 Å². The van der Waals surface area contributed by atoms with E-state index in [-0.39, 0.29) is 0 Å². The Hall–Kier alpha value is -1.67. The van der Waals surface area contributed by atoms with Crippen LogP contribution in [-0.4, -0.2) is 0 Å². The molecule has 0 amide bonds. The lowest BCUT2D eigenvalue weighted by atomic mass is 10.3. The van der Waals surface area contributed by atoms with E-state index >= 15 is 0 Å². The Morgan fingerprint density at radius 3 is 2.40 bits per heavy atom. The summed E-state index contributed by atoms with van der Waals surface area (Å²) in [5.41, 5.74) is 7.75. The van der Waals surface area contributed by atoms with Crippen LogP contribution < -0.4 is 10.5 Å². The standard InChI is InChI=1S/C12H9ClNO/c13-11-8-9(14)6-7-12(11)15-10-4-2-1-3-5-10/h1-8,14H. The molecule has 2 nitrogen and oxygen atoms in total. The molecule has 0 fully saturated rings. The van der Waals surface area contributed by atoms with Crippen LogP contribution in [0, 0.1) is 0 Å². The van der Waals surface area contributed by atoms with Gasteiger partial charge in [-0.3, -0.25) is 0 Å². The summed E-state index contributed by atoms with van der Waals surface area (Å²) < 4.78 is 5.55. The Balaban J connectivity index is 2.25. The highest BCUT2D eigenvalue weighted by atomic mass is 35.5. The molecule has 0 aliphatic heterocycles. The smallest absolute Gasteiger partial charge is 0.146 e. The van der Waals surface area contributed by atoms with E-state index < -0.39 is 0 Å². The molecule has 0 aliphatic rings. The van der Waals surface area contributed by atoms with Crippen LogP contribution in [0.25, 0.3) is 0 Å². The van der Waals surface area contributed by atoms with E-state index in [0.717, 1.165) is 5.75 Å². The minimum atomic E-state index is 0.375. The van der Waals surface area contributed by atoms with Crippen molar-refractivity contribution in [2.45, 2.75) is 0 Å².